The van der Waals surface area contributed by atoms with Gasteiger partial charge in [0.1, 0.15) is 30.0 Å². The molecule has 4 heteroatoms. The molecule has 3 aliphatic carbocycles. The molecule has 8 rings (SSSR count). The standard InChI is InChI=1S/C35H31N3O/c1-3-9-22(10-4-1)33-36-34(23-11-5-2-6-12-23)38-35(37-33)25-16-17-26-24(21-25)15-18-29-27(26)19-20-30-28-13-7-8-14-31(28)39-32(29)30/h1-11,13-17,19-21,23,29-30,32-33,35,37H,12,18H2,(H,36,38). The molecule has 4 nitrogen and oxygen atoms in total. The number of hydrogen-bond donors (Lipinski definition) is 2. The van der Waals surface area contributed by atoms with Crippen molar-refractivity contribution in [2.24, 2.45) is 16.8 Å². The summed E-state index contributed by atoms with van der Waals surface area (Å²) in [6, 6.07) is 26.0. The van der Waals surface area contributed by atoms with Crippen LogP contribution in [0.2, 0.25) is 0 Å². The molecule has 0 saturated heterocycles. The third-order valence-electron chi connectivity index (χ3n) is 8.82. The van der Waals surface area contributed by atoms with Crippen LogP contribution in [0.3, 0.4) is 0 Å². The molecule has 0 radical (unpaired) electrons. The average molecular weight is 510 g/mol. The number of aliphatic imine (C=N–C) groups is 1. The molecule has 39 heavy (non-hydrogen) atoms. The molecule has 6 atom stereocenters. The van der Waals surface area contributed by atoms with Crippen molar-refractivity contribution in [3.8, 4) is 5.75 Å². The highest BCUT2D eigenvalue weighted by Crippen LogP contribution is 2.47. The number of ether oxygens (including phenoxy) is 1. The van der Waals surface area contributed by atoms with E-state index < -0.39 is 0 Å². The summed E-state index contributed by atoms with van der Waals surface area (Å²) in [6.45, 7) is 0. The number of benzene rings is 3. The second-order valence-corrected chi connectivity index (χ2v) is 11.1. The van der Waals surface area contributed by atoms with Crippen LogP contribution in [0.1, 0.15) is 47.8 Å². The average Bonchev–Trinajstić information content (AvgIpc) is 3.40. The van der Waals surface area contributed by atoms with Gasteiger partial charge in [-0.15, -0.1) is 0 Å². The van der Waals surface area contributed by atoms with E-state index in [0.29, 0.717) is 11.8 Å². The summed E-state index contributed by atoms with van der Waals surface area (Å²) in [5.74, 6) is 3.07. The van der Waals surface area contributed by atoms with Crippen molar-refractivity contribution >= 4 is 17.5 Å². The topological polar surface area (TPSA) is 45.6 Å². The van der Waals surface area contributed by atoms with Crippen LogP contribution in [0.25, 0.3) is 11.6 Å². The molecule has 192 valence electrons. The van der Waals surface area contributed by atoms with Gasteiger partial charge in [-0.1, -0.05) is 103 Å². The van der Waals surface area contributed by atoms with E-state index in [1.165, 1.54) is 32.7 Å². The smallest absolute Gasteiger partial charge is 0.129 e. The molecule has 0 bridgehead atoms. The molecular weight excluding hydrogens is 478 g/mol. The van der Waals surface area contributed by atoms with Gasteiger partial charge in [-0.25, -0.2) is 4.99 Å². The summed E-state index contributed by atoms with van der Waals surface area (Å²) in [7, 11) is 0. The number of fused-ring (bicyclic) bond motifs is 6. The Bertz CT molecular complexity index is 1680. The number of nitrogens with zero attached hydrogens (tertiary/aromatic N) is 1. The number of hydrogen-bond acceptors (Lipinski definition) is 4. The molecule has 0 spiro atoms. The van der Waals surface area contributed by atoms with E-state index in [2.05, 4.69) is 126 Å². The first-order valence-electron chi connectivity index (χ1n) is 14.1. The minimum Gasteiger partial charge on any atom is -0.489 e. The highest BCUT2D eigenvalue weighted by Gasteiger charge is 2.42. The minimum absolute atomic E-state index is 0.00105. The molecule has 2 aliphatic heterocycles. The monoisotopic (exact) mass is 509 g/mol. The van der Waals surface area contributed by atoms with Crippen LogP contribution < -0.4 is 25.8 Å². The van der Waals surface area contributed by atoms with Crippen molar-refractivity contribution in [1.82, 2.24) is 10.6 Å². The molecule has 0 saturated carbocycles. The lowest BCUT2D eigenvalue weighted by Crippen LogP contribution is -2.47. The van der Waals surface area contributed by atoms with Crippen LogP contribution in [0, 0.1) is 11.8 Å². The summed E-state index contributed by atoms with van der Waals surface area (Å²) < 4.78 is 6.50. The minimum atomic E-state index is -0.119. The molecule has 0 aromatic heterocycles. The van der Waals surface area contributed by atoms with Crippen LogP contribution in [0.5, 0.6) is 5.75 Å². The van der Waals surface area contributed by atoms with Crippen LogP contribution in [0.15, 0.2) is 114 Å². The van der Waals surface area contributed by atoms with E-state index in [9.17, 15) is 0 Å². The number of nitrogens with one attached hydrogen (secondary N) is 2. The summed E-state index contributed by atoms with van der Waals surface area (Å²) in [6.07, 6.45) is 17.9. The van der Waals surface area contributed by atoms with Gasteiger partial charge < -0.3 is 10.1 Å². The van der Waals surface area contributed by atoms with Gasteiger partial charge in [0, 0.05) is 23.3 Å². The van der Waals surface area contributed by atoms with E-state index in [0.717, 1.165) is 24.4 Å². The number of amidine groups is 1. The first kappa shape index (κ1) is 22.8. The Morgan fingerprint density at radius 3 is 2.64 bits per heavy atom. The van der Waals surface area contributed by atoms with Crippen molar-refractivity contribution < 1.29 is 4.74 Å². The molecular formula is C35H31N3O. The zero-order valence-corrected chi connectivity index (χ0v) is 21.7. The summed E-state index contributed by atoms with van der Waals surface area (Å²) >= 11 is 0. The number of rotatable bonds is 3. The highest BCUT2D eigenvalue weighted by molar-refractivity contribution is 5.87. The van der Waals surface area contributed by atoms with Crippen molar-refractivity contribution in [1.29, 1.82) is 0 Å². The lowest BCUT2D eigenvalue weighted by molar-refractivity contribution is 0.174. The van der Waals surface area contributed by atoms with Gasteiger partial charge in [0.15, 0.2) is 0 Å². The van der Waals surface area contributed by atoms with Gasteiger partial charge >= 0.3 is 0 Å². The SMILES string of the molecule is C1=CCC(C2=NC(c3ccc4c(c3)=CCC3C=4C=CC4c5ccccc5OC34)NC(c3ccccc3)N2)C=C1. The molecule has 6 unspecified atom stereocenters. The Labute approximate surface area is 228 Å². The van der Waals surface area contributed by atoms with Gasteiger partial charge in [0.2, 0.25) is 0 Å². The van der Waals surface area contributed by atoms with Crippen LogP contribution in [-0.4, -0.2) is 11.9 Å². The van der Waals surface area contributed by atoms with Gasteiger partial charge in [-0.2, -0.15) is 0 Å². The Morgan fingerprint density at radius 2 is 1.74 bits per heavy atom. The van der Waals surface area contributed by atoms with Crippen molar-refractivity contribution in [2.75, 3.05) is 0 Å². The first-order valence-corrected chi connectivity index (χ1v) is 14.1. The largest absolute Gasteiger partial charge is 0.489 e. The fourth-order valence-corrected chi connectivity index (χ4v) is 6.84. The van der Waals surface area contributed by atoms with Crippen molar-refractivity contribution in [3.05, 3.63) is 136 Å². The van der Waals surface area contributed by atoms with E-state index in [4.69, 9.17) is 9.73 Å². The normalized spacial score (nSPS) is 29.6. The molecule has 0 fully saturated rings. The van der Waals surface area contributed by atoms with E-state index >= 15 is 0 Å². The maximum atomic E-state index is 6.50. The maximum absolute atomic E-state index is 6.50. The van der Waals surface area contributed by atoms with Gasteiger partial charge in [0.05, 0.1) is 0 Å². The summed E-state index contributed by atoms with van der Waals surface area (Å²) in [4.78, 5) is 5.20. The fourth-order valence-electron chi connectivity index (χ4n) is 6.84. The van der Waals surface area contributed by atoms with Gasteiger partial charge in [-0.05, 0) is 52.1 Å². The van der Waals surface area contributed by atoms with Gasteiger partial charge in [-0.3, -0.25) is 5.32 Å². The Balaban J connectivity index is 1.16. The van der Waals surface area contributed by atoms with Crippen molar-refractivity contribution in [3.63, 3.8) is 0 Å². The lowest BCUT2D eigenvalue weighted by Gasteiger charge is -2.35. The summed E-state index contributed by atoms with van der Waals surface area (Å²) in [5, 5.41) is 10.1. The van der Waals surface area contributed by atoms with Crippen LogP contribution >= 0.6 is 0 Å². The van der Waals surface area contributed by atoms with E-state index in [1.807, 2.05) is 0 Å². The van der Waals surface area contributed by atoms with Crippen LogP contribution in [0.4, 0.5) is 0 Å². The third kappa shape index (κ3) is 3.90. The second kappa shape index (κ2) is 9.25. The van der Waals surface area contributed by atoms with E-state index in [-0.39, 0.29) is 24.4 Å². The Morgan fingerprint density at radius 1 is 0.846 bits per heavy atom. The molecule has 2 N–H and O–H groups in total. The quantitative estimate of drug-likeness (QED) is 0.512. The second-order valence-electron chi connectivity index (χ2n) is 11.1. The Kier molecular flexibility index (Phi) is 5.41. The zero-order valence-electron chi connectivity index (χ0n) is 21.7. The summed E-state index contributed by atoms with van der Waals surface area (Å²) in [5.41, 5.74) is 5.13. The van der Waals surface area contributed by atoms with Gasteiger partial charge in [0.25, 0.3) is 0 Å². The number of allylic oxidation sites excluding steroid dienone is 4. The first-order chi connectivity index (χ1) is 19.3. The third-order valence-corrected chi connectivity index (χ3v) is 8.82. The Hall–Kier alpha value is -4.15. The molecule has 5 aliphatic rings. The van der Waals surface area contributed by atoms with E-state index in [1.54, 1.807) is 0 Å². The van der Waals surface area contributed by atoms with Crippen LogP contribution in [-0.2, 0) is 0 Å². The predicted molar refractivity (Wildman–Crippen MR) is 156 cm³/mol. The lowest BCUT2D eigenvalue weighted by atomic mass is 9.74. The number of para-hydroxylation sites is 1. The molecule has 3 aromatic rings. The predicted octanol–water partition coefficient (Wildman–Crippen LogP) is 5.17. The highest BCUT2D eigenvalue weighted by atomic mass is 16.5. The fraction of sp³-hybridized carbons (Fsp3) is 0.229. The zero-order chi connectivity index (χ0) is 25.8. The molecule has 2 heterocycles. The molecule has 3 aromatic carbocycles. The maximum Gasteiger partial charge on any atom is 0.129 e. The molecule has 0 amide bonds. The van der Waals surface area contributed by atoms with Crippen molar-refractivity contribution in [2.45, 2.75) is 37.2 Å².